The van der Waals surface area contributed by atoms with Crippen LogP contribution in [-0.2, 0) is 9.47 Å². The zero-order valence-electron chi connectivity index (χ0n) is 6.51. The van der Waals surface area contributed by atoms with E-state index in [-0.39, 0.29) is 5.79 Å². The molecule has 11 heavy (non-hydrogen) atoms. The van der Waals surface area contributed by atoms with E-state index in [2.05, 4.69) is 6.58 Å². The van der Waals surface area contributed by atoms with Gasteiger partial charge in [-0.3, -0.25) is 0 Å². The average Bonchev–Trinajstić information content (AvgIpc) is 2.30. The van der Waals surface area contributed by atoms with E-state index in [0.29, 0.717) is 11.8 Å². The van der Waals surface area contributed by atoms with Gasteiger partial charge in [0.1, 0.15) is 0 Å². The lowest BCUT2D eigenvalue weighted by Crippen LogP contribution is -2.17. The lowest BCUT2D eigenvalue weighted by Gasteiger charge is -2.12. The van der Waals surface area contributed by atoms with E-state index in [4.69, 9.17) is 9.47 Å². The van der Waals surface area contributed by atoms with Crippen molar-refractivity contribution in [2.45, 2.75) is 18.6 Å². The van der Waals surface area contributed by atoms with Gasteiger partial charge in [-0.1, -0.05) is 12.2 Å². The second-order valence-electron chi connectivity index (χ2n) is 3.70. The molecule has 60 valence electrons. The molecule has 3 rings (SSSR count). The fourth-order valence-corrected chi connectivity index (χ4v) is 2.68. The van der Waals surface area contributed by atoms with Gasteiger partial charge in [-0.15, -0.1) is 0 Å². The van der Waals surface area contributed by atoms with E-state index in [9.17, 15) is 0 Å². The summed E-state index contributed by atoms with van der Waals surface area (Å²) in [6, 6.07) is 0. The van der Waals surface area contributed by atoms with Gasteiger partial charge < -0.3 is 9.47 Å². The molecule has 1 saturated heterocycles. The Morgan fingerprint density at radius 1 is 1.36 bits per heavy atom. The zero-order chi connectivity index (χ0) is 7.47. The van der Waals surface area contributed by atoms with Crippen LogP contribution in [-0.4, -0.2) is 19.0 Å². The maximum Gasteiger partial charge on any atom is 0.179 e. The van der Waals surface area contributed by atoms with Crippen molar-refractivity contribution in [3.8, 4) is 0 Å². The monoisotopic (exact) mass is 152 g/mol. The molecule has 2 saturated carbocycles. The van der Waals surface area contributed by atoms with Crippen LogP contribution in [0.15, 0.2) is 12.2 Å². The van der Waals surface area contributed by atoms with E-state index in [1.54, 1.807) is 0 Å². The zero-order valence-corrected chi connectivity index (χ0v) is 6.51. The molecule has 0 aromatic rings. The number of fused-ring (bicyclic) bond motifs is 3. The van der Waals surface area contributed by atoms with Crippen LogP contribution in [0, 0.1) is 11.8 Å². The second kappa shape index (κ2) is 1.70. The topological polar surface area (TPSA) is 18.5 Å². The summed E-state index contributed by atoms with van der Waals surface area (Å²) in [6.45, 7) is 5.59. The predicted molar refractivity (Wildman–Crippen MR) is 40.0 cm³/mol. The summed E-state index contributed by atoms with van der Waals surface area (Å²) in [6.07, 6.45) is 2.41. The molecule has 2 aliphatic carbocycles. The summed E-state index contributed by atoms with van der Waals surface area (Å²) in [7, 11) is 0. The highest BCUT2D eigenvalue weighted by atomic mass is 16.7. The Morgan fingerprint density at radius 2 is 2.09 bits per heavy atom. The maximum atomic E-state index is 5.61. The minimum atomic E-state index is -0.171. The Labute approximate surface area is 66.2 Å². The molecule has 3 fully saturated rings. The van der Waals surface area contributed by atoms with E-state index in [1.807, 2.05) is 0 Å². The van der Waals surface area contributed by atoms with Crippen molar-refractivity contribution in [3.63, 3.8) is 0 Å². The Bertz CT molecular complexity index is 216. The fraction of sp³-hybridized carbons (Fsp3) is 0.778. The summed E-state index contributed by atoms with van der Waals surface area (Å²) < 4.78 is 11.2. The number of hydrogen-bond donors (Lipinski definition) is 0. The number of ether oxygens (including phenoxy) is 2. The molecule has 0 bridgehead atoms. The molecule has 0 N–H and O–H groups in total. The van der Waals surface area contributed by atoms with E-state index in [0.717, 1.165) is 13.2 Å². The van der Waals surface area contributed by atoms with Gasteiger partial charge in [-0.25, -0.2) is 0 Å². The van der Waals surface area contributed by atoms with Crippen molar-refractivity contribution in [2.75, 3.05) is 13.2 Å². The Kier molecular flexibility index (Phi) is 0.958. The summed E-state index contributed by atoms with van der Waals surface area (Å²) in [5.41, 5.74) is 1.34. The van der Waals surface area contributed by atoms with Gasteiger partial charge in [-0.05, 0) is 12.8 Å². The molecule has 3 aliphatic rings. The third-order valence-corrected chi connectivity index (χ3v) is 3.20. The minimum absolute atomic E-state index is 0.171. The standard InChI is InChI=1S/C9H12O2/c1-6-2-3-7-8(6)9(7)10-4-5-11-9/h7-8H,1-5H2. The average molecular weight is 152 g/mol. The summed E-state index contributed by atoms with van der Waals surface area (Å²) in [5, 5.41) is 0. The van der Waals surface area contributed by atoms with Crippen LogP contribution in [0.4, 0.5) is 0 Å². The van der Waals surface area contributed by atoms with Crippen molar-refractivity contribution in [3.05, 3.63) is 12.2 Å². The lowest BCUT2D eigenvalue weighted by molar-refractivity contribution is -0.0936. The molecule has 0 amide bonds. The Hall–Kier alpha value is -0.340. The first-order valence-corrected chi connectivity index (χ1v) is 4.30. The van der Waals surface area contributed by atoms with Crippen molar-refractivity contribution in [1.29, 1.82) is 0 Å². The van der Waals surface area contributed by atoms with E-state index >= 15 is 0 Å². The maximum absolute atomic E-state index is 5.61. The van der Waals surface area contributed by atoms with Crippen LogP contribution in [0.5, 0.6) is 0 Å². The third-order valence-electron chi connectivity index (χ3n) is 3.20. The van der Waals surface area contributed by atoms with Crippen LogP contribution < -0.4 is 0 Å². The normalized spacial score (nSPS) is 44.9. The summed E-state index contributed by atoms with van der Waals surface area (Å²) in [4.78, 5) is 0. The third kappa shape index (κ3) is 0.565. The summed E-state index contributed by atoms with van der Waals surface area (Å²) in [5.74, 6) is 1.03. The Morgan fingerprint density at radius 3 is 2.64 bits per heavy atom. The first kappa shape index (κ1) is 6.21. The highest BCUT2D eigenvalue weighted by Crippen LogP contribution is 2.66. The number of hydrogen-bond acceptors (Lipinski definition) is 2. The van der Waals surface area contributed by atoms with Gasteiger partial charge in [0.2, 0.25) is 0 Å². The predicted octanol–water partition coefficient (Wildman–Crippen LogP) is 1.33. The van der Waals surface area contributed by atoms with Gasteiger partial charge >= 0.3 is 0 Å². The molecule has 2 atom stereocenters. The molecular formula is C9H12O2. The molecule has 0 aromatic carbocycles. The van der Waals surface area contributed by atoms with E-state index < -0.39 is 0 Å². The molecule has 2 unspecified atom stereocenters. The SMILES string of the molecule is C=C1CCC2C1C21OCCO1. The largest absolute Gasteiger partial charge is 0.347 e. The molecule has 1 aliphatic heterocycles. The Balaban J connectivity index is 1.90. The molecule has 1 heterocycles. The fourth-order valence-electron chi connectivity index (χ4n) is 2.68. The van der Waals surface area contributed by atoms with Crippen molar-refractivity contribution >= 4 is 0 Å². The van der Waals surface area contributed by atoms with Crippen LogP contribution in [0.1, 0.15) is 12.8 Å². The molecule has 1 spiro atoms. The van der Waals surface area contributed by atoms with Crippen molar-refractivity contribution in [2.24, 2.45) is 11.8 Å². The van der Waals surface area contributed by atoms with Crippen LogP contribution >= 0.6 is 0 Å². The van der Waals surface area contributed by atoms with Crippen LogP contribution in [0.25, 0.3) is 0 Å². The minimum Gasteiger partial charge on any atom is -0.347 e. The van der Waals surface area contributed by atoms with Crippen molar-refractivity contribution < 1.29 is 9.47 Å². The molecule has 0 aromatic heterocycles. The first-order chi connectivity index (χ1) is 5.34. The molecule has 2 nitrogen and oxygen atoms in total. The van der Waals surface area contributed by atoms with Gasteiger partial charge in [0, 0.05) is 11.8 Å². The van der Waals surface area contributed by atoms with Gasteiger partial charge in [-0.2, -0.15) is 0 Å². The molecule has 2 heteroatoms. The van der Waals surface area contributed by atoms with Crippen LogP contribution in [0.3, 0.4) is 0 Å². The smallest absolute Gasteiger partial charge is 0.179 e. The molecule has 0 radical (unpaired) electrons. The molecular weight excluding hydrogens is 140 g/mol. The second-order valence-corrected chi connectivity index (χ2v) is 3.70. The van der Waals surface area contributed by atoms with Gasteiger partial charge in [0.15, 0.2) is 5.79 Å². The van der Waals surface area contributed by atoms with Gasteiger partial charge in [0.25, 0.3) is 0 Å². The van der Waals surface area contributed by atoms with Crippen LogP contribution in [0.2, 0.25) is 0 Å². The highest BCUT2D eigenvalue weighted by Gasteiger charge is 2.72. The van der Waals surface area contributed by atoms with Crippen molar-refractivity contribution in [1.82, 2.24) is 0 Å². The lowest BCUT2D eigenvalue weighted by atomic mass is 10.1. The quantitative estimate of drug-likeness (QED) is 0.487. The van der Waals surface area contributed by atoms with Gasteiger partial charge in [0.05, 0.1) is 13.2 Å². The first-order valence-electron chi connectivity index (χ1n) is 4.30. The summed E-state index contributed by atoms with van der Waals surface area (Å²) >= 11 is 0. The highest BCUT2D eigenvalue weighted by molar-refractivity contribution is 5.29. The van der Waals surface area contributed by atoms with E-state index in [1.165, 1.54) is 18.4 Å². The number of rotatable bonds is 0.